The SMILES string of the molecule is Cl[SiH2]Cl.N#[N+][O-]. The Morgan fingerprint density at radius 1 is 1.67 bits per heavy atom. The van der Waals surface area contributed by atoms with Crippen LogP contribution in [0.25, 0.3) is 5.14 Å². The van der Waals surface area contributed by atoms with Crippen LogP contribution in [0, 0.1) is 10.6 Å². The van der Waals surface area contributed by atoms with Crippen LogP contribution in [0.4, 0.5) is 0 Å². The minimum atomic E-state index is -0.639. The Hall–Kier alpha value is 0.0169. The van der Waals surface area contributed by atoms with Gasteiger partial charge in [0.05, 0.1) is 0 Å². The van der Waals surface area contributed by atoms with Crippen molar-refractivity contribution in [3.8, 4) is 0 Å². The van der Waals surface area contributed by atoms with Crippen molar-refractivity contribution >= 4 is 30.3 Å². The molecule has 0 aliphatic carbocycles. The van der Waals surface area contributed by atoms with Gasteiger partial charge in [0, 0.05) is 0 Å². The van der Waals surface area contributed by atoms with Gasteiger partial charge in [0.25, 0.3) is 0 Å². The van der Waals surface area contributed by atoms with Crippen LogP contribution in [0.1, 0.15) is 0 Å². The van der Waals surface area contributed by atoms with E-state index in [4.69, 9.17) is 32.8 Å². The summed E-state index contributed by atoms with van der Waals surface area (Å²) in [6.07, 6.45) is 0. The van der Waals surface area contributed by atoms with Crippen LogP contribution in [0.5, 0.6) is 0 Å². The molecule has 0 unspecified atom stereocenters. The van der Waals surface area contributed by atoms with Crippen molar-refractivity contribution in [1.29, 1.82) is 5.39 Å². The Bertz CT molecular complexity index is 41.3. The second-order valence-electron chi connectivity index (χ2n) is 0.183. The van der Waals surface area contributed by atoms with Gasteiger partial charge in [-0.2, -0.15) is 22.2 Å². The normalized spacial score (nSPS) is 4.17. The zero-order valence-electron chi connectivity index (χ0n) is 2.77. The first-order valence-corrected chi connectivity index (χ1v) is 5.19. The van der Waals surface area contributed by atoms with Gasteiger partial charge in [-0.3, -0.25) is 0 Å². The molecule has 0 radical (unpaired) electrons. The molecular weight excluding hydrogens is 143 g/mol. The molecule has 0 atom stereocenters. The maximum absolute atomic E-state index is 8.11. The second-order valence-corrected chi connectivity index (χ2v) is 2.81. The van der Waals surface area contributed by atoms with Gasteiger partial charge in [-0.15, -0.1) is 0 Å². The smallest absolute Gasteiger partial charge is 0.237 e. The summed E-state index contributed by atoms with van der Waals surface area (Å²) in [6.45, 7) is 0. The van der Waals surface area contributed by atoms with Crippen LogP contribution in [-0.4, -0.2) is 8.14 Å². The van der Waals surface area contributed by atoms with Crippen LogP contribution in [-0.2, 0) is 0 Å². The van der Waals surface area contributed by atoms with Crippen molar-refractivity contribution < 1.29 is 0 Å². The highest BCUT2D eigenvalue weighted by Gasteiger charge is 1.46. The Morgan fingerprint density at radius 3 is 1.67 bits per heavy atom. The first-order chi connectivity index (χ1) is 2.83. The van der Waals surface area contributed by atoms with Gasteiger partial charge in [-0.1, -0.05) is 0 Å². The summed E-state index contributed by atoms with van der Waals surface area (Å²) in [6, 6.07) is 0. The minimum absolute atomic E-state index is 0.639. The van der Waals surface area contributed by atoms with E-state index in [2.05, 4.69) is 0 Å². The van der Waals surface area contributed by atoms with Crippen LogP contribution in [0.3, 0.4) is 0 Å². The summed E-state index contributed by atoms with van der Waals surface area (Å²) in [4.78, 5) is 0. The number of hydrogen-bond acceptors (Lipinski definition) is 2. The molecule has 0 bridgehead atoms. The van der Waals surface area contributed by atoms with Crippen molar-refractivity contribution in [2.75, 3.05) is 0 Å². The quantitative estimate of drug-likeness (QED) is 0.219. The molecule has 0 aromatic heterocycles. The topological polar surface area (TPSA) is 51.2 Å². The fourth-order valence-corrected chi connectivity index (χ4v) is 0. The molecule has 0 saturated carbocycles. The highest BCUT2D eigenvalue weighted by atomic mass is 35.7. The van der Waals surface area contributed by atoms with Crippen molar-refractivity contribution in [3.63, 3.8) is 0 Å². The van der Waals surface area contributed by atoms with E-state index in [9.17, 15) is 0 Å². The standard InChI is InChI=1S/Cl2H2Si.N2O/c1-3-2;1-2-3/h3H2;. The summed E-state index contributed by atoms with van der Waals surface area (Å²) in [5.74, 6) is 0. The highest BCUT2D eigenvalue weighted by Crippen LogP contribution is 1.67. The van der Waals surface area contributed by atoms with Crippen molar-refractivity contribution in [1.82, 2.24) is 0 Å². The summed E-state index contributed by atoms with van der Waals surface area (Å²) in [5, 5.41) is 16.0. The van der Waals surface area contributed by atoms with E-state index in [1.807, 2.05) is 0 Å². The van der Waals surface area contributed by atoms with Gasteiger partial charge in [0.15, 0.2) is 0 Å². The molecule has 0 rings (SSSR count). The maximum atomic E-state index is 8.11. The van der Waals surface area contributed by atoms with Crippen LogP contribution in [0.2, 0.25) is 0 Å². The van der Waals surface area contributed by atoms with E-state index in [1.165, 1.54) is 5.14 Å². The van der Waals surface area contributed by atoms with Gasteiger partial charge >= 0.3 is 0 Å². The molecule has 0 aliphatic rings. The Balaban J connectivity index is 0. The molecular formula is H2Cl2N2OSi. The third-order valence-corrected chi connectivity index (χ3v) is 0. The van der Waals surface area contributed by atoms with Gasteiger partial charge in [0.1, 0.15) is 0 Å². The average Bonchev–Trinajstić information content (AvgIpc) is 1.39. The predicted octanol–water partition coefficient (Wildman–Crippen LogP) is 0.800. The van der Waals surface area contributed by atoms with Gasteiger partial charge in [-0.05, 0) is 0 Å². The number of hydrogen-bond donors (Lipinski definition) is 0. The lowest BCUT2D eigenvalue weighted by molar-refractivity contribution is 1.48. The Morgan fingerprint density at radius 2 is 1.67 bits per heavy atom. The molecule has 0 fully saturated rings. The average molecular weight is 145 g/mol. The molecule has 6 heavy (non-hydrogen) atoms. The molecule has 0 aromatic carbocycles. The lowest BCUT2D eigenvalue weighted by atomic mass is 13.2. The van der Waals surface area contributed by atoms with Gasteiger partial charge in [0.2, 0.25) is 18.7 Å². The molecule has 0 saturated heterocycles. The molecule has 0 amide bonds. The monoisotopic (exact) mass is 144 g/mol. The van der Waals surface area contributed by atoms with E-state index in [1.54, 1.807) is 0 Å². The van der Waals surface area contributed by atoms with Crippen LogP contribution >= 0.6 is 22.2 Å². The molecule has 3 nitrogen and oxygen atoms in total. The van der Waals surface area contributed by atoms with E-state index in [0.717, 1.165) is 0 Å². The fourth-order valence-electron chi connectivity index (χ4n) is 0. The summed E-state index contributed by atoms with van der Waals surface area (Å²) >= 11 is 9.81. The van der Waals surface area contributed by atoms with E-state index >= 15 is 0 Å². The lowest BCUT2D eigenvalue weighted by Crippen LogP contribution is -1.36. The molecule has 0 spiro atoms. The Labute approximate surface area is 46.7 Å². The number of rotatable bonds is 0. The van der Waals surface area contributed by atoms with Crippen molar-refractivity contribution in [2.45, 2.75) is 0 Å². The summed E-state index contributed by atoms with van der Waals surface area (Å²) < 4.78 is 0. The number of nitrogens with zero attached hydrogens (tertiary/aromatic N) is 2. The lowest BCUT2D eigenvalue weighted by Gasteiger charge is -1.39. The largest absolute Gasteiger partial charge is 0.463 e. The van der Waals surface area contributed by atoms with E-state index < -0.39 is 8.14 Å². The first-order valence-electron chi connectivity index (χ1n) is 0.917. The molecule has 6 heteroatoms. The van der Waals surface area contributed by atoms with Gasteiger partial charge in [-0.25, -0.2) is 0 Å². The summed E-state index contributed by atoms with van der Waals surface area (Å²) in [5.41, 5.74) is 0. The summed E-state index contributed by atoms with van der Waals surface area (Å²) in [7, 11) is -0.639. The van der Waals surface area contributed by atoms with E-state index in [-0.39, 0.29) is 0 Å². The Kier molecular flexibility index (Phi) is 31.1. The number of diazo groups is 1. The predicted molar refractivity (Wildman–Crippen MR) is 28.7 cm³/mol. The maximum Gasteiger partial charge on any atom is 0.237 e. The molecule has 0 N–H and O–H groups in total. The van der Waals surface area contributed by atoms with Crippen molar-refractivity contribution in [3.05, 3.63) is 10.3 Å². The van der Waals surface area contributed by atoms with E-state index in [0.29, 0.717) is 0 Å². The third-order valence-electron chi connectivity index (χ3n) is 0. The number of halogens is 2. The third kappa shape index (κ3) is 128000. The molecule has 0 aliphatic heterocycles. The van der Waals surface area contributed by atoms with Crippen LogP contribution in [0.15, 0.2) is 0 Å². The van der Waals surface area contributed by atoms with Gasteiger partial charge < -0.3 is 5.21 Å². The fraction of sp³-hybridized carbons (Fsp3) is 0. The minimum Gasteiger partial charge on any atom is -0.463 e. The molecule has 0 aromatic rings. The molecule has 0 heterocycles. The van der Waals surface area contributed by atoms with Crippen LogP contribution < -0.4 is 0 Å². The highest BCUT2D eigenvalue weighted by molar-refractivity contribution is 7.22. The zero-order valence-corrected chi connectivity index (χ0v) is 5.69. The molecule has 36 valence electrons. The first kappa shape index (κ1) is 9.39. The zero-order chi connectivity index (χ0) is 5.41. The second kappa shape index (κ2) is 19.9. The van der Waals surface area contributed by atoms with Crippen molar-refractivity contribution in [2.24, 2.45) is 0 Å².